The minimum Gasteiger partial charge on any atom is -0.343 e. The van der Waals surface area contributed by atoms with Crippen LogP contribution in [-0.4, -0.2) is 17.2 Å². The van der Waals surface area contributed by atoms with Crippen molar-refractivity contribution in [2.45, 2.75) is 43.5 Å². The third kappa shape index (κ3) is 2.69. The molecule has 1 aliphatic heterocycles. The second-order valence-corrected chi connectivity index (χ2v) is 7.82. The maximum atomic E-state index is 12.8. The Bertz CT molecular complexity index is 592. The van der Waals surface area contributed by atoms with Crippen LogP contribution in [0, 0.1) is 5.92 Å². The van der Waals surface area contributed by atoms with Crippen molar-refractivity contribution in [3.8, 4) is 0 Å². The molecule has 0 aromatic heterocycles. The summed E-state index contributed by atoms with van der Waals surface area (Å²) in [5.41, 5.74) is 0.316. The van der Waals surface area contributed by atoms with Gasteiger partial charge in [0.15, 0.2) is 5.78 Å². The van der Waals surface area contributed by atoms with E-state index in [-0.39, 0.29) is 17.6 Å². The molecule has 1 heterocycles. The number of benzene rings is 1. The van der Waals surface area contributed by atoms with Crippen LogP contribution in [0.25, 0.3) is 0 Å². The molecule has 1 fully saturated rings. The van der Waals surface area contributed by atoms with Gasteiger partial charge in [0.25, 0.3) is 0 Å². The van der Waals surface area contributed by atoms with Gasteiger partial charge in [-0.2, -0.15) is 0 Å². The quantitative estimate of drug-likeness (QED) is 0.681. The number of amides is 1. The fraction of sp³-hybridized carbons (Fsp3) is 0.500. The SMILES string of the molecule is CC(C)C1(C)NC(=O)C(c2ccccc2C(C)(Cl)Cl)C1=O. The number of carbonyl (C=O) groups excluding carboxylic acids is 2. The molecule has 5 heteroatoms. The first kappa shape index (κ1) is 16.3. The summed E-state index contributed by atoms with van der Waals surface area (Å²) < 4.78 is -1.16. The lowest BCUT2D eigenvalue weighted by molar-refractivity contribution is -0.125. The molecule has 1 aromatic rings. The number of alkyl halides is 2. The van der Waals surface area contributed by atoms with Gasteiger partial charge in [0.1, 0.15) is 10.3 Å². The molecule has 1 aromatic carbocycles. The monoisotopic (exact) mass is 327 g/mol. The van der Waals surface area contributed by atoms with Crippen molar-refractivity contribution in [3.05, 3.63) is 35.4 Å². The first-order valence-electron chi connectivity index (χ1n) is 6.92. The van der Waals surface area contributed by atoms with Gasteiger partial charge in [-0.25, -0.2) is 0 Å². The third-order valence-electron chi connectivity index (χ3n) is 4.32. The Labute approximate surface area is 135 Å². The second kappa shape index (κ2) is 5.29. The van der Waals surface area contributed by atoms with Crippen molar-refractivity contribution in [2.24, 2.45) is 5.92 Å². The maximum absolute atomic E-state index is 12.8. The number of ketones is 1. The van der Waals surface area contributed by atoms with Gasteiger partial charge < -0.3 is 5.32 Å². The van der Waals surface area contributed by atoms with Crippen molar-refractivity contribution < 1.29 is 9.59 Å². The fourth-order valence-electron chi connectivity index (χ4n) is 2.67. The highest BCUT2D eigenvalue weighted by Gasteiger charge is 2.52. The lowest BCUT2D eigenvalue weighted by Crippen LogP contribution is -2.48. The summed E-state index contributed by atoms with van der Waals surface area (Å²) in [5.74, 6) is -1.27. The van der Waals surface area contributed by atoms with Crippen LogP contribution in [0.4, 0.5) is 0 Å². The minimum atomic E-state index is -1.16. The second-order valence-electron chi connectivity index (χ2n) is 6.12. The molecule has 0 saturated carbocycles. The van der Waals surface area contributed by atoms with E-state index in [1.54, 1.807) is 38.1 Å². The average molecular weight is 328 g/mol. The van der Waals surface area contributed by atoms with E-state index in [1.807, 2.05) is 13.8 Å². The highest BCUT2D eigenvalue weighted by atomic mass is 35.5. The van der Waals surface area contributed by atoms with Gasteiger partial charge in [-0.1, -0.05) is 61.3 Å². The Kier molecular flexibility index (Phi) is 4.11. The summed E-state index contributed by atoms with van der Waals surface area (Å²) >= 11 is 12.4. The largest absolute Gasteiger partial charge is 0.343 e. The Morgan fingerprint density at radius 3 is 2.29 bits per heavy atom. The molecule has 1 N–H and O–H groups in total. The molecule has 3 nitrogen and oxygen atoms in total. The van der Waals surface area contributed by atoms with Gasteiger partial charge in [-0.3, -0.25) is 9.59 Å². The van der Waals surface area contributed by atoms with E-state index in [4.69, 9.17) is 23.2 Å². The molecule has 1 amide bonds. The van der Waals surface area contributed by atoms with E-state index in [2.05, 4.69) is 5.32 Å². The van der Waals surface area contributed by atoms with Crippen LogP contribution in [0.15, 0.2) is 24.3 Å². The molecule has 0 bridgehead atoms. The summed E-state index contributed by atoms with van der Waals surface area (Å²) in [7, 11) is 0. The molecule has 2 atom stereocenters. The molecule has 0 radical (unpaired) electrons. The number of hydrogen-bond acceptors (Lipinski definition) is 2. The van der Waals surface area contributed by atoms with Crippen molar-refractivity contribution in [1.82, 2.24) is 5.32 Å². The van der Waals surface area contributed by atoms with E-state index in [0.29, 0.717) is 11.1 Å². The topological polar surface area (TPSA) is 46.2 Å². The van der Waals surface area contributed by atoms with Gasteiger partial charge >= 0.3 is 0 Å². The maximum Gasteiger partial charge on any atom is 0.235 e. The van der Waals surface area contributed by atoms with Crippen LogP contribution in [0.3, 0.4) is 0 Å². The van der Waals surface area contributed by atoms with Gasteiger partial charge in [0.05, 0.1) is 5.54 Å². The molecular formula is C16H19Cl2NO2. The van der Waals surface area contributed by atoms with E-state index < -0.39 is 15.8 Å². The molecule has 1 saturated heterocycles. The predicted octanol–water partition coefficient (Wildman–Crippen LogP) is 3.53. The van der Waals surface area contributed by atoms with Crippen LogP contribution in [0.2, 0.25) is 0 Å². The molecule has 2 rings (SSSR count). The molecule has 0 spiro atoms. The third-order valence-corrected chi connectivity index (χ3v) is 4.73. The predicted molar refractivity (Wildman–Crippen MR) is 84.6 cm³/mol. The molecule has 2 unspecified atom stereocenters. The number of rotatable bonds is 3. The van der Waals surface area contributed by atoms with Crippen molar-refractivity contribution >= 4 is 34.9 Å². The molecule has 0 aliphatic carbocycles. The molecular weight excluding hydrogens is 309 g/mol. The summed E-state index contributed by atoms with van der Waals surface area (Å²) in [5, 5.41) is 2.83. The summed E-state index contributed by atoms with van der Waals surface area (Å²) in [6, 6.07) is 7.07. The van der Waals surface area contributed by atoms with E-state index in [1.165, 1.54) is 0 Å². The number of carbonyl (C=O) groups is 2. The smallest absolute Gasteiger partial charge is 0.235 e. The zero-order valence-corrected chi connectivity index (χ0v) is 14.0. The standard InChI is InChI=1S/C16H19Cl2NO2/c1-9(2)15(3)13(20)12(14(21)19-15)10-7-5-6-8-11(10)16(4,17)18/h5-9,12H,1-4H3,(H,19,21). The van der Waals surface area contributed by atoms with Crippen molar-refractivity contribution in [3.63, 3.8) is 0 Å². The van der Waals surface area contributed by atoms with Crippen LogP contribution in [0.5, 0.6) is 0 Å². The molecule has 21 heavy (non-hydrogen) atoms. The summed E-state index contributed by atoms with van der Waals surface area (Å²) in [4.78, 5) is 25.2. The lowest BCUT2D eigenvalue weighted by atomic mass is 9.80. The van der Waals surface area contributed by atoms with Crippen LogP contribution in [0.1, 0.15) is 44.7 Å². The normalized spacial score (nSPS) is 26.3. The number of Topliss-reactive ketones (excluding diaryl/α,β-unsaturated/α-hetero) is 1. The number of halogens is 2. The Balaban J connectivity index is 2.54. The average Bonchev–Trinajstić information content (AvgIpc) is 2.60. The highest BCUT2D eigenvalue weighted by Crippen LogP contribution is 2.41. The highest BCUT2D eigenvalue weighted by molar-refractivity contribution is 6.47. The van der Waals surface area contributed by atoms with Crippen LogP contribution >= 0.6 is 23.2 Å². The van der Waals surface area contributed by atoms with Gasteiger partial charge in [0.2, 0.25) is 5.91 Å². The molecule has 114 valence electrons. The minimum absolute atomic E-state index is 0.00417. The molecule has 1 aliphatic rings. The Morgan fingerprint density at radius 2 is 1.81 bits per heavy atom. The fourth-order valence-corrected chi connectivity index (χ4v) is 3.01. The van der Waals surface area contributed by atoms with Gasteiger partial charge in [-0.05, 0) is 30.9 Å². The van der Waals surface area contributed by atoms with Crippen molar-refractivity contribution in [2.75, 3.05) is 0 Å². The van der Waals surface area contributed by atoms with Gasteiger partial charge in [0, 0.05) is 0 Å². The van der Waals surface area contributed by atoms with E-state index in [0.717, 1.165) is 0 Å². The van der Waals surface area contributed by atoms with E-state index in [9.17, 15) is 9.59 Å². The summed E-state index contributed by atoms with van der Waals surface area (Å²) in [6.07, 6.45) is 0. The van der Waals surface area contributed by atoms with Crippen LogP contribution in [-0.2, 0) is 13.9 Å². The van der Waals surface area contributed by atoms with Gasteiger partial charge in [-0.15, -0.1) is 0 Å². The summed E-state index contributed by atoms with van der Waals surface area (Å²) in [6.45, 7) is 7.23. The first-order chi connectivity index (χ1) is 9.59. The zero-order chi connectivity index (χ0) is 16.0. The van der Waals surface area contributed by atoms with Crippen LogP contribution < -0.4 is 5.32 Å². The number of hydrogen-bond donors (Lipinski definition) is 1. The lowest BCUT2D eigenvalue weighted by Gasteiger charge is -2.27. The Hall–Kier alpha value is -1.06. The Morgan fingerprint density at radius 1 is 1.24 bits per heavy atom. The van der Waals surface area contributed by atoms with Crippen molar-refractivity contribution in [1.29, 1.82) is 0 Å². The number of nitrogens with one attached hydrogen (secondary N) is 1. The first-order valence-corrected chi connectivity index (χ1v) is 7.68. The zero-order valence-electron chi connectivity index (χ0n) is 12.5. The van der Waals surface area contributed by atoms with E-state index >= 15 is 0 Å².